The van der Waals surface area contributed by atoms with Gasteiger partial charge in [0.25, 0.3) is 0 Å². The van der Waals surface area contributed by atoms with Crippen LogP contribution in [0.25, 0.3) is 0 Å². The standard InChI is InChI=1S/C19H28O5Si/c1-25(2,3)15-6-17-4-5-18-19(16-17)24-14-12-22-10-8-20-7-9-21-11-13-23-18/h4-5,16H,7-14H2,1-3H3. The van der Waals surface area contributed by atoms with Crippen LogP contribution in [-0.4, -0.2) is 60.9 Å². The van der Waals surface area contributed by atoms with Crippen molar-refractivity contribution in [3.8, 4) is 23.0 Å². The first kappa shape index (κ1) is 19.8. The van der Waals surface area contributed by atoms with Crippen LogP contribution in [0.5, 0.6) is 11.5 Å². The molecule has 1 heterocycles. The molecule has 0 N–H and O–H groups in total. The van der Waals surface area contributed by atoms with Crippen molar-refractivity contribution in [1.29, 1.82) is 0 Å². The Bertz CT molecular complexity index is 586. The maximum atomic E-state index is 5.85. The van der Waals surface area contributed by atoms with E-state index in [0.717, 1.165) is 5.56 Å². The van der Waals surface area contributed by atoms with Crippen molar-refractivity contribution in [3.05, 3.63) is 23.8 Å². The van der Waals surface area contributed by atoms with E-state index in [1.807, 2.05) is 18.2 Å². The third-order valence-corrected chi connectivity index (χ3v) is 4.12. The van der Waals surface area contributed by atoms with E-state index in [9.17, 15) is 0 Å². The van der Waals surface area contributed by atoms with Crippen molar-refractivity contribution in [2.45, 2.75) is 19.6 Å². The predicted molar refractivity (Wildman–Crippen MR) is 100 cm³/mol. The quantitative estimate of drug-likeness (QED) is 0.523. The highest BCUT2D eigenvalue weighted by atomic mass is 28.3. The molecule has 0 atom stereocenters. The summed E-state index contributed by atoms with van der Waals surface area (Å²) in [5.74, 6) is 4.65. The van der Waals surface area contributed by atoms with Crippen LogP contribution in [0.1, 0.15) is 5.56 Å². The SMILES string of the molecule is C[Si](C)(C)C#Cc1ccc2c(c1)OCCOCCOCCOCCO2. The Hall–Kier alpha value is -1.52. The van der Waals surface area contributed by atoms with Crippen LogP contribution in [0.3, 0.4) is 0 Å². The largest absolute Gasteiger partial charge is 0.487 e. The molecule has 5 nitrogen and oxygen atoms in total. The second kappa shape index (κ2) is 10.5. The number of hydrogen-bond donors (Lipinski definition) is 0. The van der Waals surface area contributed by atoms with Gasteiger partial charge in [0.1, 0.15) is 21.3 Å². The molecule has 0 radical (unpaired) electrons. The number of benzene rings is 1. The highest BCUT2D eigenvalue weighted by molar-refractivity contribution is 6.83. The van der Waals surface area contributed by atoms with Crippen molar-refractivity contribution < 1.29 is 23.7 Å². The van der Waals surface area contributed by atoms with Crippen LogP contribution in [0, 0.1) is 11.5 Å². The molecular formula is C19H28O5Si. The number of hydrogen-bond acceptors (Lipinski definition) is 5. The molecule has 0 unspecified atom stereocenters. The number of rotatable bonds is 0. The Labute approximate surface area is 151 Å². The first-order valence-corrected chi connectivity index (χ1v) is 12.2. The minimum Gasteiger partial charge on any atom is -0.487 e. The van der Waals surface area contributed by atoms with E-state index < -0.39 is 8.07 Å². The van der Waals surface area contributed by atoms with E-state index in [4.69, 9.17) is 23.7 Å². The lowest BCUT2D eigenvalue weighted by Crippen LogP contribution is -2.16. The van der Waals surface area contributed by atoms with Gasteiger partial charge in [0.05, 0.1) is 39.6 Å². The second-order valence-corrected chi connectivity index (χ2v) is 11.4. The molecule has 0 saturated heterocycles. The summed E-state index contributed by atoms with van der Waals surface area (Å²) in [5.41, 5.74) is 4.31. The van der Waals surface area contributed by atoms with Crippen LogP contribution in [-0.2, 0) is 14.2 Å². The van der Waals surface area contributed by atoms with Gasteiger partial charge in [0.2, 0.25) is 0 Å². The Balaban J connectivity index is 2.07. The van der Waals surface area contributed by atoms with Crippen molar-refractivity contribution >= 4 is 8.07 Å². The fourth-order valence-electron chi connectivity index (χ4n) is 2.04. The minimum absolute atomic E-state index is 0.456. The van der Waals surface area contributed by atoms with Crippen LogP contribution >= 0.6 is 0 Å². The van der Waals surface area contributed by atoms with Crippen LogP contribution in [0.4, 0.5) is 0 Å². The highest BCUT2D eigenvalue weighted by Gasteiger charge is 2.10. The van der Waals surface area contributed by atoms with Gasteiger partial charge in [-0.25, -0.2) is 0 Å². The molecule has 2 rings (SSSR count). The van der Waals surface area contributed by atoms with Crippen molar-refractivity contribution in [3.63, 3.8) is 0 Å². The summed E-state index contributed by atoms with van der Waals surface area (Å²) in [7, 11) is -1.42. The molecule has 138 valence electrons. The zero-order chi connectivity index (χ0) is 18.0. The van der Waals surface area contributed by atoms with E-state index in [1.165, 1.54) is 0 Å². The fourth-order valence-corrected chi connectivity index (χ4v) is 2.56. The van der Waals surface area contributed by atoms with Crippen LogP contribution in [0.15, 0.2) is 18.2 Å². The van der Waals surface area contributed by atoms with Gasteiger partial charge in [-0.3, -0.25) is 0 Å². The summed E-state index contributed by atoms with van der Waals surface area (Å²) in [6.45, 7) is 10.8. The molecule has 0 amide bonds. The topological polar surface area (TPSA) is 46.2 Å². The molecule has 0 fully saturated rings. The lowest BCUT2D eigenvalue weighted by atomic mass is 10.2. The summed E-state index contributed by atoms with van der Waals surface area (Å²) >= 11 is 0. The molecule has 0 aromatic heterocycles. The Morgan fingerprint density at radius 2 is 1.24 bits per heavy atom. The third-order valence-electron chi connectivity index (χ3n) is 3.24. The molecule has 1 aliphatic rings. The third kappa shape index (κ3) is 8.41. The second-order valence-electron chi connectivity index (χ2n) is 6.70. The van der Waals surface area contributed by atoms with E-state index >= 15 is 0 Å². The maximum Gasteiger partial charge on any atom is 0.162 e. The molecule has 6 heteroatoms. The average molecular weight is 365 g/mol. The highest BCUT2D eigenvalue weighted by Crippen LogP contribution is 2.28. The van der Waals surface area contributed by atoms with Gasteiger partial charge < -0.3 is 23.7 Å². The maximum absolute atomic E-state index is 5.85. The van der Waals surface area contributed by atoms with Gasteiger partial charge in [-0.2, -0.15) is 0 Å². The molecule has 25 heavy (non-hydrogen) atoms. The number of ether oxygens (including phenoxy) is 5. The van der Waals surface area contributed by atoms with Gasteiger partial charge >= 0.3 is 0 Å². The summed E-state index contributed by atoms with van der Waals surface area (Å²) in [4.78, 5) is 0. The molecule has 1 aliphatic heterocycles. The van der Waals surface area contributed by atoms with E-state index in [-0.39, 0.29) is 0 Å². The van der Waals surface area contributed by atoms with Crippen LogP contribution < -0.4 is 9.47 Å². The smallest absolute Gasteiger partial charge is 0.162 e. The van der Waals surface area contributed by atoms with Crippen LogP contribution in [0.2, 0.25) is 19.6 Å². The molecule has 0 spiro atoms. The Morgan fingerprint density at radius 1 is 0.720 bits per heavy atom. The zero-order valence-electron chi connectivity index (χ0n) is 15.4. The Morgan fingerprint density at radius 3 is 1.80 bits per heavy atom. The lowest BCUT2D eigenvalue weighted by Gasteiger charge is -2.13. The molecule has 0 aliphatic carbocycles. The van der Waals surface area contributed by atoms with Gasteiger partial charge in [-0.05, 0) is 18.2 Å². The van der Waals surface area contributed by atoms with Crippen molar-refractivity contribution in [2.75, 3.05) is 52.9 Å². The van der Waals surface area contributed by atoms with E-state index in [0.29, 0.717) is 64.4 Å². The fraction of sp³-hybridized carbons (Fsp3) is 0.579. The van der Waals surface area contributed by atoms with E-state index in [2.05, 4.69) is 31.1 Å². The van der Waals surface area contributed by atoms with Gasteiger partial charge in [0.15, 0.2) is 11.5 Å². The number of fused-ring (bicyclic) bond motifs is 1. The first-order valence-electron chi connectivity index (χ1n) is 8.71. The summed E-state index contributed by atoms with van der Waals surface area (Å²) in [6.07, 6.45) is 0. The monoisotopic (exact) mass is 364 g/mol. The molecule has 1 aromatic carbocycles. The molecular weight excluding hydrogens is 336 g/mol. The molecule has 0 saturated carbocycles. The minimum atomic E-state index is -1.42. The molecule has 1 aromatic rings. The van der Waals surface area contributed by atoms with Crippen molar-refractivity contribution in [2.24, 2.45) is 0 Å². The predicted octanol–water partition coefficient (Wildman–Crippen LogP) is 2.74. The zero-order valence-corrected chi connectivity index (χ0v) is 16.4. The van der Waals surface area contributed by atoms with Gasteiger partial charge in [0, 0.05) is 5.56 Å². The van der Waals surface area contributed by atoms with Crippen molar-refractivity contribution in [1.82, 2.24) is 0 Å². The summed E-state index contributed by atoms with van der Waals surface area (Å²) < 4.78 is 28.0. The summed E-state index contributed by atoms with van der Waals surface area (Å²) in [6, 6.07) is 5.81. The van der Waals surface area contributed by atoms with Gasteiger partial charge in [-0.15, -0.1) is 5.54 Å². The molecule has 0 bridgehead atoms. The summed E-state index contributed by atoms with van der Waals surface area (Å²) in [5, 5.41) is 0. The average Bonchev–Trinajstić information content (AvgIpc) is 2.58. The Kier molecular flexibility index (Phi) is 8.29. The lowest BCUT2D eigenvalue weighted by molar-refractivity contribution is 0.00708. The first-order chi connectivity index (χ1) is 12.0. The van der Waals surface area contributed by atoms with Gasteiger partial charge in [-0.1, -0.05) is 25.6 Å². The normalized spacial score (nSPS) is 17.6. The van der Waals surface area contributed by atoms with E-state index in [1.54, 1.807) is 0 Å².